The number of hydrogen-bond donors (Lipinski definition) is 1. The van der Waals surface area contributed by atoms with Crippen LogP contribution in [-0.2, 0) is 0 Å². The van der Waals surface area contributed by atoms with E-state index >= 15 is 0 Å². The van der Waals surface area contributed by atoms with E-state index < -0.39 is 0 Å². The Balaban J connectivity index is 2.72. The predicted molar refractivity (Wildman–Crippen MR) is 82.4 cm³/mol. The molecule has 2 rings (SSSR count). The molecule has 0 saturated heterocycles. The quantitative estimate of drug-likeness (QED) is 0.876. The highest BCUT2D eigenvalue weighted by Gasteiger charge is 2.11. The Morgan fingerprint density at radius 3 is 2.61 bits per heavy atom. The first-order chi connectivity index (χ1) is 8.52. The van der Waals surface area contributed by atoms with Gasteiger partial charge in [0.1, 0.15) is 5.82 Å². The lowest BCUT2D eigenvalue weighted by atomic mass is 10.0. The van der Waals surface area contributed by atoms with Crippen molar-refractivity contribution < 1.29 is 0 Å². The summed E-state index contributed by atoms with van der Waals surface area (Å²) in [5.41, 5.74) is 3.56. The summed E-state index contributed by atoms with van der Waals surface area (Å²) in [6.45, 7) is 9.51. The Morgan fingerprint density at radius 1 is 1.28 bits per heavy atom. The van der Waals surface area contributed by atoms with Crippen LogP contribution in [0.2, 0.25) is 0 Å². The number of fused-ring (bicyclic) bond motifs is 1. The van der Waals surface area contributed by atoms with Gasteiger partial charge in [-0.05, 0) is 49.1 Å². The van der Waals surface area contributed by atoms with Crippen molar-refractivity contribution >= 4 is 32.7 Å². The third kappa shape index (κ3) is 2.51. The van der Waals surface area contributed by atoms with Crippen LogP contribution >= 0.6 is 15.9 Å². The molecule has 0 bridgehead atoms. The van der Waals surface area contributed by atoms with Gasteiger partial charge in [-0.1, -0.05) is 29.8 Å². The van der Waals surface area contributed by atoms with Gasteiger partial charge >= 0.3 is 0 Å². The number of nitrogens with one attached hydrogen (secondary N) is 1. The van der Waals surface area contributed by atoms with E-state index in [9.17, 15) is 0 Å². The van der Waals surface area contributed by atoms with E-state index in [-0.39, 0.29) is 0 Å². The van der Waals surface area contributed by atoms with Gasteiger partial charge in [0.25, 0.3) is 0 Å². The Morgan fingerprint density at radius 2 is 2.00 bits per heavy atom. The van der Waals surface area contributed by atoms with Gasteiger partial charge in [-0.25, -0.2) is 4.98 Å². The SMILES string of the molecule is CCNc1nc2c(C)cc(Br)cc2cc1C(C)C. The number of anilines is 1. The molecule has 0 radical (unpaired) electrons. The second-order valence-corrected chi connectivity index (χ2v) is 5.82. The van der Waals surface area contributed by atoms with Gasteiger partial charge in [-0.3, -0.25) is 0 Å². The normalized spacial score (nSPS) is 11.2. The molecule has 3 heteroatoms. The van der Waals surface area contributed by atoms with Crippen LogP contribution < -0.4 is 5.32 Å². The first-order valence-corrected chi connectivity index (χ1v) is 7.17. The van der Waals surface area contributed by atoms with Crippen LogP contribution in [0.4, 0.5) is 5.82 Å². The molecule has 0 unspecified atom stereocenters. The van der Waals surface area contributed by atoms with Crippen LogP contribution in [-0.4, -0.2) is 11.5 Å². The Bertz CT molecular complexity index is 576. The highest BCUT2D eigenvalue weighted by molar-refractivity contribution is 9.10. The number of aryl methyl sites for hydroxylation is 1. The average Bonchev–Trinajstić information content (AvgIpc) is 2.29. The zero-order valence-corrected chi connectivity index (χ0v) is 12.9. The summed E-state index contributed by atoms with van der Waals surface area (Å²) in [4.78, 5) is 4.79. The molecule has 0 fully saturated rings. The van der Waals surface area contributed by atoms with Crippen molar-refractivity contribution in [2.75, 3.05) is 11.9 Å². The van der Waals surface area contributed by atoms with E-state index in [0.717, 1.165) is 22.4 Å². The summed E-state index contributed by atoms with van der Waals surface area (Å²) in [7, 11) is 0. The van der Waals surface area contributed by atoms with Gasteiger partial charge < -0.3 is 5.32 Å². The molecule has 18 heavy (non-hydrogen) atoms. The summed E-state index contributed by atoms with van der Waals surface area (Å²) in [6.07, 6.45) is 0. The maximum Gasteiger partial charge on any atom is 0.130 e. The zero-order chi connectivity index (χ0) is 13.3. The zero-order valence-electron chi connectivity index (χ0n) is 11.3. The second kappa shape index (κ2) is 5.27. The van der Waals surface area contributed by atoms with E-state index in [1.807, 2.05) is 0 Å². The van der Waals surface area contributed by atoms with Gasteiger partial charge in [0.2, 0.25) is 0 Å². The standard InChI is InChI=1S/C15H19BrN2/c1-5-17-15-13(9(2)3)8-11-7-12(16)6-10(4)14(11)18-15/h6-9H,5H2,1-4H3,(H,17,18). The van der Waals surface area contributed by atoms with Gasteiger partial charge in [0.05, 0.1) is 5.52 Å². The van der Waals surface area contributed by atoms with Gasteiger partial charge in [0.15, 0.2) is 0 Å². The van der Waals surface area contributed by atoms with E-state index in [1.54, 1.807) is 0 Å². The topological polar surface area (TPSA) is 24.9 Å². The number of aromatic nitrogens is 1. The van der Waals surface area contributed by atoms with Crippen LogP contribution in [0.1, 0.15) is 37.8 Å². The van der Waals surface area contributed by atoms with Crippen molar-refractivity contribution in [2.24, 2.45) is 0 Å². The average molecular weight is 307 g/mol. The number of rotatable bonds is 3. The lowest BCUT2D eigenvalue weighted by Crippen LogP contribution is -2.05. The third-order valence-electron chi connectivity index (χ3n) is 3.07. The Hall–Kier alpha value is -1.09. The lowest BCUT2D eigenvalue weighted by Gasteiger charge is -2.15. The fourth-order valence-electron chi connectivity index (χ4n) is 2.19. The van der Waals surface area contributed by atoms with Crippen molar-refractivity contribution in [3.8, 4) is 0 Å². The van der Waals surface area contributed by atoms with Crippen LogP contribution in [0, 0.1) is 6.92 Å². The second-order valence-electron chi connectivity index (χ2n) is 4.91. The summed E-state index contributed by atoms with van der Waals surface area (Å²) < 4.78 is 1.11. The van der Waals surface area contributed by atoms with Crippen molar-refractivity contribution in [3.05, 3.63) is 33.8 Å². The molecule has 0 amide bonds. The molecule has 0 aliphatic carbocycles. The summed E-state index contributed by atoms with van der Waals surface area (Å²) in [5, 5.41) is 4.57. The molecule has 1 aromatic heterocycles. The largest absolute Gasteiger partial charge is 0.370 e. The minimum absolute atomic E-state index is 0.468. The molecule has 2 aromatic rings. The number of pyridine rings is 1. The molecular weight excluding hydrogens is 288 g/mol. The third-order valence-corrected chi connectivity index (χ3v) is 3.53. The molecule has 0 saturated carbocycles. The molecule has 96 valence electrons. The fraction of sp³-hybridized carbons (Fsp3) is 0.400. The first kappa shape index (κ1) is 13.3. The fourth-order valence-corrected chi connectivity index (χ4v) is 2.78. The van der Waals surface area contributed by atoms with Crippen molar-refractivity contribution in [1.29, 1.82) is 0 Å². The monoisotopic (exact) mass is 306 g/mol. The predicted octanol–water partition coefficient (Wildman–Crippen LogP) is 4.86. The lowest BCUT2D eigenvalue weighted by molar-refractivity contribution is 0.861. The van der Waals surface area contributed by atoms with E-state index in [0.29, 0.717) is 5.92 Å². The number of nitrogens with zero attached hydrogens (tertiary/aromatic N) is 1. The van der Waals surface area contributed by atoms with E-state index in [4.69, 9.17) is 4.98 Å². The minimum Gasteiger partial charge on any atom is -0.370 e. The van der Waals surface area contributed by atoms with E-state index in [2.05, 4.69) is 67.1 Å². The van der Waals surface area contributed by atoms with E-state index in [1.165, 1.54) is 16.5 Å². The molecule has 0 spiro atoms. The molecule has 1 heterocycles. The van der Waals surface area contributed by atoms with Gasteiger partial charge in [-0.15, -0.1) is 0 Å². The highest BCUT2D eigenvalue weighted by Crippen LogP contribution is 2.30. The molecule has 1 N–H and O–H groups in total. The minimum atomic E-state index is 0.468. The summed E-state index contributed by atoms with van der Waals surface area (Å²) in [5.74, 6) is 1.49. The molecule has 0 aliphatic heterocycles. The number of hydrogen-bond acceptors (Lipinski definition) is 2. The molecule has 0 atom stereocenters. The number of halogens is 1. The molecule has 1 aromatic carbocycles. The smallest absolute Gasteiger partial charge is 0.130 e. The van der Waals surface area contributed by atoms with Crippen LogP contribution in [0.25, 0.3) is 10.9 Å². The Labute approximate surface area is 117 Å². The van der Waals surface area contributed by atoms with Gasteiger partial charge in [0, 0.05) is 16.4 Å². The first-order valence-electron chi connectivity index (χ1n) is 6.37. The molecule has 0 aliphatic rings. The number of benzene rings is 1. The maximum atomic E-state index is 4.79. The highest BCUT2D eigenvalue weighted by atomic mass is 79.9. The van der Waals surface area contributed by atoms with Crippen molar-refractivity contribution in [2.45, 2.75) is 33.6 Å². The molecular formula is C15H19BrN2. The summed E-state index contributed by atoms with van der Waals surface area (Å²) >= 11 is 3.55. The van der Waals surface area contributed by atoms with Crippen molar-refractivity contribution in [3.63, 3.8) is 0 Å². The Kier molecular flexibility index (Phi) is 3.91. The van der Waals surface area contributed by atoms with Crippen molar-refractivity contribution in [1.82, 2.24) is 4.98 Å². The summed E-state index contributed by atoms with van der Waals surface area (Å²) in [6, 6.07) is 6.50. The van der Waals surface area contributed by atoms with Crippen LogP contribution in [0.3, 0.4) is 0 Å². The maximum absolute atomic E-state index is 4.79. The van der Waals surface area contributed by atoms with Crippen LogP contribution in [0.5, 0.6) is 0 Å². The van der Waals surface area contributed by atoms with Crippen LogP contribution in [0.15, 0.2) is 22.7 Å². The van der Waals surface area contributed by atoms with Gasteiger partial charge in [-0.2, -0.15) is 0 Å². The molecule has 2 nitrogen and oxygen atoms in total.